The van der Waals surface area contributed by atoms with Crippen LogP contribution in [0, 0.1) is 6.92 Å². The molecule has 1 aliphatic rings. The van der Waals surface area contributed by atoms with Gasteiger partial charge in [-0.3, -0.25) is 19.5 Å². The third kappa shape index (κ3) is 5.28. The van der Waals surface area contributed by atoms with E-state index in [1.165, 1.54) is 4.90 Å². The minimum Gasteiger partial charge on any atom is -0.357 e. The highest BCUT2D eigenvalue weighted by Crippen LogP contribution is 2.21. The predicted octanol–water partition coefficient (Wildman–Crippen LogP) is 2.46. The maximum Gasteiger partial charge on any atom is 0.261 e. The summed E-state index contributed by atoms with van der Waals surface area (Å²) < 4.78 is 0. The maximum atomic E-state index is 12.4. The van der Waals surface area contributed by atoms with Gasteiger partial charge in [-0.1, -0.05) is 12.1 Å². The van der Waals surface area contributed by atoms with Gasteiger partial charge in [0.15, 0.2) is 5.96 Å². The molecule has 150 valence electrons. The Morgan fingerprint density at radius 1 is 1.18 bits per heavy atom. The minimum absolute atomic E-state index is 0. The summed E-state index contributed by atoms with van der Waals surface area (Å²) in [6.45, 7) is 6.06. The molecular formula is C19H24IN5O2S. The molecule has 0 bridgehead atoms. The molecule has 9 heteroatoms. The number of halogens is 1. The van der Waals surface area contributed by atoms with Crippen LogP contribution in [0.15, 0.2) is 34.6 Å². The quantitative estimate of drug-likeness (QED) is 0.257. The molecule has 1 aromatic heterocycles. The molecule has 1 aliphatic heterocycles. The standard InChI is InChI=1S/C19H23N5O2S.HI/c1-3-20-19(21-9-8-14-12-27-13(2)23-14)22-10-11-24-17(25)15-6-4-5-7-16(15)18(24)26;/h4-7,12H,3,8-11H2,1-2H3,(H2,20,21,22);1H. The van der Waals surface area contributed by atoms with Crippen LogP contribution < -0.4 is 10.6 Å². The molecule has 1 aromatic carbocycles. The number of hydrogen-bond donors (Lipinski definition) is 2. The van der Waals surface area contributed by atoms with Crippen LogP contribution in [0.5, 0.6) is 0 Å². The van der Waals surface area contributed by atoms with Crippen LogP contribution in [-0.2, 0) is 6.42 Å². The van der Waals surface area contributed by atoms with Gasteiger partial charge in [-0.2, -0.15) is 0 Å². The Balaban J connectivity index is 0.00000280. The number of carbonyl (C=O) groups is 2. The van der Waals surface area contributed by atoms with Crippen molar-refractivity contribution < 1.29 is 9.59 Å². The highest BCUT2D eigenvalue weighted by Gasteiger charge is 2.34. The van der Waals surface area contributed by atoms with Crippen LogP contribution >= 0.6 is 35.3 Å². The van der Waals surface area contributed by atoms with Gasteiger partial charge in [0.25, 0.3) is 11.8 Å². The smallest absolute Gasteiger partial charge is 0.261 e. The zero-order chi connectivity index (χ0) is 19.2. The zero-order valence-electron chi connectivity index (χ0n) is 15.9. The maximum absolute atomic E-state index is 12.4. The van der Waals surface area contributed by atoms with Crippen LogP contribution in [0.25, 0.3) is 0 Å². The summed E-state index contributed by atoms with van der Waals surface area (Å²) in [7, 11) is 0. The van der Waals surface area contributed by atoms with Crippen molar-refractivity contribution in [2.45, 2.75) is 20.3 Å². The van der Waals surface area contributed by atoms with Gasteiger partial charge in [0.05, 0.1) is 21.8 Å². The molecule has 2 N–H and O–H groups in total. The van der Waals surface area contributed by atoms with Crippen molar-refractivity contribution in [3.8, 4) is 0 Å². The number of rotatable bonds is 7. The highest BCUT2D eigenvalue weighted by molar-refractivity contribution is 14.0. The molecule has 0 saturated carbocycles. The number of carbonyl (C=O) groups excluding carboxylic acids is 2. The van der Waals surface area contributed by atoms with E-state index in [1.54, 1.807) is 35.6 Å². The Hall–Kier alpha value is -2.01. The predicted molar refractivity (Wildman–Crippen MR) is 122 cm³/mol. The van der Waals surface area contributed by atoms with E-state index in [-0.39, 0.29) is 35.8 Å². The third-order valence-electron chi connectivity index (χ3n) is 4.15. The second-order valence-corrected chi connectivity index (χ2v) is 7.17. The zero-order valence-corrected chi connectivity index (χ0v) is 19.0. The summed E-state index contributed by atoms with van der Waals surface area (Å²) in [5.74, 6) is 0.192. The number of fused-ring (bicyclic) bond motifs is 1. The van der Waals surface area contributed by atoms with Crippen molar-refractivity contribution >= 4 is 53.1 Å². The summed E-state index contributed by atoms with van der Waals surface area (Å²) >= 11 is 1.64. The second-order valence-electron chi connectivity index (χ2n) is 6.10. The van der Waals surface area contributed by atoms with E-state index in [0.29, 0.717) is 36.7 Å². The molecule has 0 aliphatic carbocycles. The van der Waals surface area contributed by atoms with Crippen LogP contribution in [0.4, 0.5) is 0 Å². The number of hydrogen-bond acceptors (Lipinski definition) is 5. The lowest BCUT2D eigenvalue weighted by Crippen LogP contribution is -2.43. The van der Waals surface area contributed by atoms with E-state index in [2.05, 4.69) is 20.6 Å². The van der Waals surface area contributed by atoms with Gasteiger partial charge in [0.1, 0.15) is 0 Å². The Kier molecular flexibility index (Phi) is 8.36. The number of guanidine groups is 1. The van der Waals surface area contributed by atoms with E-state index in [0.717, 1.165) is 23.7 Å². The Bertz CT molecular complexity index is 833. The van der Waals surface area contributed by atoms with Crippen molar-refractivity contribution in [2.24, 2.45) is 4.99 Å². The van der Waals surface area contributed by atoms with Crippen molar-refractivity contribution in [3.63, 3.8) is 0 Å². The average molecular weight is 513 g/mol. The number of benzene rings is 1. The topological polar surface area (TPSA) is 86.7 Å². The molecule has 0 unspecified atom stereocenters. The first-order valence-corrected chi connectivity index (χ1v) is 9.86. The normalized spacial score (nSPS) is 13.4. The van der Waals surface area contributed by atoms with Crippen molar-refractivity contribution in [2.75, 3.05) is 26.2 Å². The number of aromatic nitrogens is 1. The van der Waals surface area contributed by atoms with Crippen LogP contribution in [0.3, 0.4) is 0 Å². The number of imide groups is 1. The van der Waals surface area contributed by atoms with Crippen LogP contribution in [0.1, 0.15) is 38.3 Å². The molecule has 7 nitrogen and oxygen atoms in total. The first-order chi connectivity index (χ1) is 13.1. The Labute approximate surface area is 185 Å². The number of nitrogens with one attached hydrogen (secondary N) is 2. The molecule has 2 amide bonds. The lowest BCUT2D eigenvalue weighted by Gasteiger charge is -2.16. The molecule has 3 rings (SSSR count). The summed E-state index contributed by atoms with van der Waals surface area (Å²) in [4.78, 5) is 35.0. The first-order valence-electron chi connectivity index (χ1n) is 8.98. The molecule has 28 heavy (non-hydrogen) atoms. The number of amides is 2. The lowest BCUT2D eigenvalue weighted by atomic mass is 10.1. The van der Waals surface area contributed by atoms with Gasteiger partial charge in [-0.25, -0.2) is 4.98 Å². The molecule has 0 radical (unpaired) electrons. The SMILES string of the molecule is CCNC(=NCCc1csc(C)n1)NCCN1C(=O)c2ccccc2C1=O.I. The number of thiazole rings is 1. The van der Waals surface area contributed by atoms with Gasteiger partial charge in [-0.15, -0.1) is 35.3 Å². The summed E-state index contributed by atoms with van der Waals surface area (Å²) in [6.07, 6.45) is 0.777. The first kappa shape index (κ1) is 22.3. The Morgan fingerprint density at radius 2 is 1.86 bits per heavy atom. The average Bonchev–Trinajstić information content (AvgIpc) is 3.18. The van der Waals surface area contributed by atoms with Gasteiger partial charge in [0.2, 0.25) is 0 Å². The molecule has 0 spiro atoms. The lowest BCUT2D eigenvalue weighted by molar-refractivity contribution is 0.0657. The fourth-order valence-electron chi connectivity index (χ4n) is 2.88. The molecule has 2 heterocycles. The summed E-state index contributed by atoms with van der Waals surface area (Å²) in [5, 5.41) is 9.46. The summed E-state index contributed by atoms with van der Waals surface area (Å²) in [5.41, 5.74) is 1.99. The summed E-state index contributed by atoms with van der Waals surface area (Å²) in [6, 6.07) is 6.92. The van der Waals surface area contributed by atoms with Crippen LogP contribution in [-0.4, -0.2) is 53.8 Å². The number of aliphatic imine (C=N–C) groups is 1. The fourth-order valence-corrected chi connectivity index (χ4v) is 3.52. The molecule has 2 aromatic rings. The highest BCUT2D eigenvalue weighted by atomic mass is 127. The van der Waals surface area contributed by atoms with Crippen molar-refractivity contribution in [3.05, 3.63) is 51.5 Å². The van der Waals surface area contributed by atoms with Crippen molar-refractivity contribution in [1.29, 1.82) is 0 Å². The van der Waals surface area contributed by atoms with E-state index >= 15 is 0 Å². The largest absolute Gasteiger partial charge is 0.357 e. The Morgan fingerprint density at radius 3 is 2.43 bits per heavy atom. The van der Waals surface area contributed by atoms with Crippen LogP contribution in [0.2, 0.25) is 0 Å². The van der Waals surface area contributed by atoms with Gasteiger partial charge >= 0.3 is 0 Å². The monoisotopic (exact) mass is 513 g/mol. The third-order valence-corrected chi connectivity index (χ3v) is 4.98. The molecule has 0 atom stereocenters. The molecule has 0 fully saturated rings. The minimum atomic E-state index is -0.238. The fraction of sp³-hybridized carbons (Fsp3) is 0.368. The van der Waals surface area contributed by atoms with E-state index in [4.69, 9.17) is 0 Å². The molecule has 0 saturated heterocycles. The number of aryl methyl sites for hydroxylation is 1. The van der Waals surface area contributed by atoms with Gasteiger partial charge in [-0.05, 0) is 26.0 Å². The number of nitrogens with zero attached hydrogens (tertiary/aromatic N) is 3. The molecular weight excluding hydrogens is 489 g/mol. The van der Waals surface area contributed by atoms with Gasteiger partial charge in [0, 0.05) is 38.0 Å². The van der Waals surface area contributed by atoms with E-state index in [9.17, 15) is 9.59 Å². The van der Waals surface area contributed by atoms with E-state index in [1.807, 2.05) is 19.2 Å². The van der Waals surface area contributed by atoms with Crippen molar-refractivity contribution in [1.82, 2.24) is 20.5 Å². The van der Waals surface area contributed by atoms with Gasteiger partial charge < -0.3 is 10.6 Å². The second kappa shape index (κ2) is 10.5. The van der Waals surface area contributed by atoms with E-state index < -0.39 is 0 Å².